The molecule has 1 aromatic carbocycles. The van der Waals surface area contributed by atoms with Crippen LogP contribution in [0.2, 0.25) is 0 Å². The first-order valence-corrected chi connectivity index (χ1v) is 7.96. The summed E-state index contributed by atoms with van der Waals surface area (Å²) in [6.07, 6.45) is -0.0885. The molecule has 6 heteroatoms. The van der Waals surface area contributed by atoms with Crippen molar-refractivity contribution in [2.75, 3.05) is 6.54 Å². The third kappa shape index (κ3) is 6.40. The molecule has 0 saturated carbocycles. The lowest BCUT2D eigenvalue weighted by Crippen LogP contribution is -2.38. The maximum atomic E-state index is 12.1. The van der Waals surface area contributed by atoms with Gasteiger partial charge in [-0.05, 0) is 18.1 Å². The Bertz CT molecular complexity index is 605. The van der Waals surface area contributed by atoms with E-state index in [4.69, 9.17) is 5.11 Å². The van der Waals surface area contributed by atoms with Gasteiger partial charge in [0.25, 0.3) is 0 Å². The van der Waals surface area contributed by atoms with Crippen molar-refractivity contribution in [1.82, 2.24) is 10.6 Å². The predicted molar refractivity (Wildman–Crippen MR) is 91.4 cm³/mol. The second kappa shape index (κ2) is 8.47. The van der Waals surface area contributed by atoms with Gasteiger partial charge in [0.05, 0.1) is 12.5 Å². The number of rotatable bonds is 7. The lowest BCUT2D eigenvalue weighted by atomic mass is 9.96. The molecule has 0 bridgehead atoms. The number of carboxylic acids is 1. The SMILES string of the molecule is Cc1ccccc1C(CC(=O)O)NC(=O)CCNC(=O)C(C)(C)C. The van der Waals surface area contributed by atoms with E-state index in [1.165, 1.54) is 0 Å². The number of nitrogens with one attached hydrogen (secondary N) is 2. The highest BCUT2D eigenvalue weighted by atomic mass is 16.4. The summed E-state index contributed by atoms with van der Waals surface area (Å²) in [7, 11) is 0. The molecule has 1 rings (SSSR count). The molecule has 1 unspecified atom stereocenters. The first kappa shape index (κ1) is 19.7. The summed E-state index contributed by atoms with van der Waals surface area (Å²) in [5.74, 6) is -1.40. The summed E-state index contributed by atoms with van der Waals surface area (Å²) in [5.41, 5.74) is 1.20. The Balaban J connectivity index is 2.64. The topological polar surface area (TPSA) is 95.5 Å². The van der Waals surface area contributed by atoms with Crippen molar-refractivity contribution < 1.29 is 19.5 Å². The van der Waals surface area contributed by atoms with Crippen LogP contribution in [0.15, 0.2) is 24.3 Å². The maximum absolute atomic E-state index is 12.1. The van der Waals surface area contributed by atoms with Crippen LogP contribution in [-0.2, 0) is 14.4 Å². The van der Waals surface area contributed by atoms with Gasteiger partial charge in [-0.1, -0.05) is 45.0 Å². The van der Waals surface area contributed by atoms with Crippen LogP contribution in [0.4, 0.5) is 0 Å². The molecule has 0 aliphatic rings. The molecule has 0 aliphatic carbocycles. The van der Waals surface area contributed by atoms with E-state index in [9.17, 15) is 14.4 Å². The average Bonchev–Trinajstić information content (AvgIpc) is 2.45. The fraction of sp³-hybridized carbons (Fsp3) is 0.500. The van der Waals surface area contributed by atoms with Crippen molar-refractivity contribution in [2.45, 2.75) is 46.6 Å². The van der Waals surface area contributed by atoms with E-state index in [1.807, 2.05) is 31.2 Å². The Morgan fingerprint density at radius 1 is 1.17 bits per heavy atom. The zero-order chi connectivity index (χ0) is 18.3. The molecule has 0 saturated heterocycles. The van der Waals surface area contributed by atoms with Crippen molar-refractivity contribution in [2.24, 2.45) is 5.41 Å². The lowest BCUT2D eigenvalue weighted by molar-refractivity contribution is -0.137. The molecule has 0 fully saturated rings. The van der Waals surface area contributed by atoms with Crippen LogP contribution in [0.1, 0.15) is 50.8 Å². The number of carbonyl (C=O) groups excluding carboxylic acids is 2. The molecule has 0 aliphatic heterocycles. The fourth-order valence-corrected chi connectivity index (χ4v) is 2.21. The molecule has 0 aromatic heterocycles. The zero-order valence-electron chi connectivity index (χ0n) is 14.7. The highest BCUT2D eigenvalue weighted by Crippen LogP contribution is 2.20. The number of amides is 2. The van der Waals surface area contributed by atoms with Gasteiger partial charge in [-0.2, -0.15) is 0 Å². The Morgan fingerprint density at radius 3 is 2.33 bits per heavy atom. The number of aliphatic carboxylic acids is 1. The fourth-order valence-electron chi connectivity index (χ4n) is 2.21. The van der Waals surface area contributed by atoms with Gasteiger partial charge in [-0.15, -0.1) is 0 Å². The number of hydrogen-bond acceptors (Lipinski definition) is 3. The van der Waals surface area contributed by atoms with Crippen LogP contribution < -0.4 is 10.6 Å². The van der Waals surface area contributed by atoms with Crippen LogP contribution in [0.25, 0.3) is 0 Å². The second-order valence-electron chi connectivity index (χ2n) is 6.83. The van der Waals surface area contributed by atoms with E-state index in [2.05, 4.69) is 10.6 Å². The van der Waals surface area contributed by atoms with Gasteiger partial charge in [0.2, 0.25) is 11.8 Å². The molecule has 1 atom stereocenters. The molecular formula is C18H26N2O4. The predicted octanol–water partition coefficient (Wildman–Crippen LogP) is 2.18. The first-order chi connectivity index (χ1) is 11.1. The van der Waals surface area contributed by atoms with Gasteiger partial charge >= 0.3 is 5.97 Å². The van der Waals surface area contributed by atoms with Crippen LogP contribution in [-0.4, -0.2) is 29.4 Å². The van der Waals surface area contributed by atoms with Gasteiger partial charge in [0, 0.05) is 18.4 Å². The van der Waals surface area contributed by atoms with Crippen molar-refractivity contribution >= 4 is 17.8 Å². The lowest BCUT2D eigenvalue weighted by Gasteiger charge is -2.20. The summed E-state index contributed by atoms with van der Waals surface area (Å²) >= 11 is 0. The van der Waals surface area contributed by atoms with E-state index >= 15 is 0 Å². The Hall–Kier alpha value is -2.37. The van der Waals surface area contributed by atoms with Crippen molar-refractivity contribution in [3.63, 3.8) is 0 Å². The van der Waals surface area contributed by atoms with Gasteiger partial charge in [-0.25, -0.2) is 0 Å². The highest BCUT2D eigenvalue weighted by molar-refractivity contribution is 5.82. The smallest absolute Gasteiger partial charge is 0.305 e. The Kier molecular flexibility index (Phi) is 6.95. The summed E-state index contributed by atoms with van der Waals surface area (Å²) in [6, 6.07) is 6.77. The zero-order valence-corrected chi connectivity index (χ0v) is 14.7. The molecular weight excluding hydrogens is 308 g/mol. The van der Waals surface area contributed by atoms with E-state index in [-0.39, 0.29) is 31.2 Å². The van der Waals surface area contributed by atoms with E-state index in [1.54, 1.807) is 20.8 Å². The number of hydrogen-bond donors (Lipinski definition) is 3. The number of benzene rings is 1. The molecule has 3 N–H and O–H groups in total. The number of aryl methyl sites for hydroxylation is 1. The van der Waals surface area contributed by atoms with Gasteiger partial charge in [-0.3, -0.25) is 14.4 Å². The summed E-state index contributed by atoms with van der Waals surface area (Å²) in [5, 5.41) is 14.5. The largest absolute Gasteiger partial charge is 0.481 e. The van der Waals surface area contributed by atoms with Crippen molar-refractivity contribution in [3.8, 4) is 0 Å². The standard InChI is InChI=1S/C18H26N2O4/c1-12-7-5-6-8-13(12)14(11-16(22)23)20-15(21)9-10-19-17(24)18(2,3)4/h5-8,14H,9-11H2,1-4H3,(H,19,24)(H,20,21)(H,22,23). The monoisotopic (exact) mass is 334 g/mol. The number of carboxylic acid groups (broad SMARTS) is 1. The van der Waals surface area contributed by atoms with Crippen LogP contribution in [0.5, 0.6) is 0 Å². The maximum Gasteiger partial charge on any atom is 0.305 e. The minimum atomic E-state index is -0.982. The summed E-state index contributed by atoms with van der Waals surface area (Å²) in [4.78, 5) is 34.9. The van der Waals surface area contributed by atoms with E-state index < -0.39 is 17.4 Å². The van der Waals surface area contributed by atoms with E-state index in [0.717, 1.165) is 11.1 Å². The molecule has 0 heterocycles. The average molecular weight is 334 g/mol. The van der Waals surface area contributed by atoms with Gasteiger partial charge < -0.3 is 15.7 Å². The molecule has 6 nitrogen and oxygen atoms in total. The van der Waals surface area contributed by atoms with E-state index in [0.29, 0.717) is 0 Å². The molecule has 0 spiro atoms. The minimum Gasteiger partial charge on any atom is -0.481 e. The normalized spacial score (nSPS) is 12.3. The van der Waals surface area contributed by atoms with Crippen LogP contribution >= 0.6 is 0 Å². The third-order valence-electron chi connectivity index (χ3n) is 3.60. The number of carbonyl (C=O) groups is 3. The Morgan fingerprint density at radius 2 is 1.79 bits per heavy atom. The Labute approximate surface area is 142 Å². The molecule has 132 valence electrons. The summed E-state index contributed by atoms with van der Waals surface area (Å²) < 4.78 is 0. The highest BCUT2D eigenvalue weighted by Gasteiger charge is 2.22. The van der Waals surface area contributed by atoms with Gasteiger partial charge in [0.15, 0.2) is 0 Å². The third-order valence-corrected chi connectivity index (χ3v) is 3.60. The van der Waals surface area contributed by atoms with Crippen LogP contribution in [0.3, 0.4) is 0 Å². The van der Waals surface area contributed by atoms with Crippen molar-refractivity contribution in [1.29, 1.82) is 0 Å². The molecule has 2 amide bonds. The quantitative estimate of drug-likeness (QED) is 0.712. The molecule has 0 radical (unpaired) electrons. The molecule has 1 aromatic rings. The second-order valence-corrected chi connectivity index (χ2v) is 6.83. The first-order valence-electron chi connectivity index (χ1n) is 7.96. The van der Waals surface area contributed by atoms with Crippen molar-refractivity contribution in [3.05, 3.63) is 35.4 Å². The minimum absolute atomic E-state index is 0.101. The molecule has 24 heavy (non-hydrogen) atoms. The van der Waals surface area contributed by atoms with Crippen LogP contribution in [0, 0.1) is 12.3 Å². The van der Waals surface area contributed by atoms with Gasteiger partial charge in [0.1, 0.15) is 0 Å². The summed E-state index contributed by atoms with van der Waals surface area (Å²) in [6.45, 7) is 7.48.